The molecule has 2 heterocycles. The van der Waals surface area contributed by atoms with Crippen LogP contribution < -0.4 is 10.2 Å². The van der Waals surface area contributed by atoms with E-state index in [1.165, 1.54) is 0 Å². The average Bonchev–Trinajstić information content (AvgIpc) is 2.79. The fourth-order valence-electron chi connectivity index (χ4n) is 2.30. The van der Waals surface area contributed by atoms with Crippen molar-refractivity contribution in [3.05, 3.63) is 40.5 Å². The largest absolute Gasteiger partial charge is 0.356 e. The highest BCUT2D eigenvalue weighted by Crippen LogP contribution is 2.42. The van der Waals surface area contributed by atoms with Gasteiger partial charge in [0.05, 0.1) is 15.7 Å². The van der Waals surface area contributed by atoms with Crippen molar-refractivity contribution in [3.8, 4) is 11.1 Å². The minimum absolute atomic E-state index is 0.420. The number of carbonyl (C=O) groups is 1. The summed E-state index contributed by atoms with van der Waals surface area (Å²) in [5, 5.41) is 4.12. The minimum atomic E-state index is -0.420. The van der Waals surface area contributed by atoms with Gasteiger partial charge in [-0.25, -0.2) is 4.98 Å². The molecule has 0 spiro atoms. The standard InChI is InChI=1S/C14H11Cl2N3O/c1-19-11(7-20)18-13-9(5-6-17-14(13)19)8-3-2-4-10(15)12(8)16/h2-7,11,18H,1H3. The summed E-state index contributed by atoms with van der Waals surface area (Å²) in [4.78, 5) is 17.2. The number of carbonyl (C=O) groups excluding carboxylic acids is 1. The maximum absolute atomic E-state index is 11.1. The summed E-state index contributed by atoms with van der Waals surface area (Å²) >= 11 is 12.3. The fourth-order valence-corrected chi connectivity index (χ4v) is 2.70. The Morgan fingerprint density at radius 3 is 2.85 bits per heavy atom. The first-order valence-electron chi connectivity index (χ1n) is 6.01. The molecular weight excluding hydrogens is 297 g/mol. The molecule has 0 aliphatic carbocycles. The molecule has 1 aliphatic rings. The van der Waals surface area contributed by atoms with Crippen LogP contribution in [-0.4, -0.2) is 24.5 Å². The Morgan fingerprint density at radius 2 is 2.10 bits per heavy atom. The van der Waals surface area contributed by atoms with E-state index in [0.29, 0.717) is 10.0 Å². The molecule has 1 N–H and O–H groups in total. The highest BCUT2D eigenvalue weighted by Gasteiger charge is 2.29. The zero-order valence-electron chi connectivity index (χ0n) is 10.6. The molecule has 3 rings (SSSR count). The molecule has 0 saturated carbocycles. The predicted molar refractivity (Wildman–Crippen MR) is 81.6 cm³/mol. The fraction of sp³-hybridized carbons (Fsp3) is 0.143. The molecule has 6 heteroatoms. The van der Waals surface area contributed by atoms with Crippen LogP contribution in [0.25, 0.3) is 11.1 Å². The lowest BCUT2D eigenvalue weighted by Crippen LogP contribution is -2.33. The second-order valence-corrected chi connectivity index (χ2v) is 5.28. The van der Waals surface area contributed by atoms with Gasteiger partial charge in [0.2, 0.25) is 0 Å². The lowest BCUT2D eigenvalue weighted by atomic mass is 10.1. The van der Waals surface area contributed by atoms with Crippen molar-refractivity contribution >= 4 is 41.0 Å². The molecule has 1 unspecified atom stereocenters. The van der Waals surface area contributed by atoms with Gasteiger partial charge in [-0.1, -0.05) is 35.3 Å². The number of likely N-dealkylation sites (N-methyl/N-ethyl adjacent to an activating group) is 1. The first-order chi connectivity index (χ1) is 9.63. The van der Waals surface area contributed by atoms with Crippen LogP contribution in [-0.2, 0) is 4.79 Å². The number of pyridine rings is 1. The van der Waals surface area contributed by atoms with Crippen molar-refractivity contribution in [2.75, 3.05) is 17.3 Å². The zero-order valence-corrected chi connectivity index (χ0v) is 12.1. The quantitative estimate of drug-likeness (QED) is 0.863. The topological polar surface area (TPSA) is 45.2 Å². The third kappa shape index (κ3) is 1.92. The molecule has 4 nitrogen and oxygen atoms in total. The molecule has 2 aromatic rings. The van der Waals surface area contributed by atoms with E-state index in [4.69, 9.17) is 23.2 Å². The summed E-state index contributed by atoms with van der Waals surface area (Å²) in [6.07, 6.45) is 2.11. The monoisotopic (exact) mass is 307 g/mol. The van der Waals surface area contributed by atoms with Crippen molar-refractivity contribution in [3.63, 3.8) is 0 Å². The minimum Gasteiger partial charge on any atom is -0.356 e. The number of halogens is 2. The number of fused-ring (bicyclic) bond motifs is 1. The van der Waals surface area contributed by atoms with E-state index in [0.717, 1.165) is 28.9 Å². The predicted octanol–water partition coefficient (Wildman–Crippen LogP) is 3.44. The van der Waals surface area contributed by atoms with Gasteiger partial charge < -0.3 is 10.2 Å². The van der Waals surface area contributed by atoms with E-state index in [9.17, 15) is 4.79 Å². The molecule has 102 valence electrons. The summed E-state index contributed by atoms with van der Waals surface area (Å²) in [7, 11) is 1.81. The van der Waals surface area contributed by atoms with Crippen LogP contribution in [0.15, 0.2) is 30.5 Å². The van der Waals surface area contributed by atoms with Gasteiger partial charge in [0.1, 0.15) is 0 Å². The van der Waals surface area contributed by atoms with Crippen LogP contribution in [0.1, 0.15) is 0 Å². The number of hydrogen-bond donors (Lipinski definition) is 1. The Hall–Kier alpha value is -1.78. The Kier molecular flexibility index (Phi) is 3.28. The van der Waals surface area contributed by atoms with Gasteiger partial charge in [-0.2, -0.15) is 0 Å². The lowest BCUT2D eigenvalue weighted by molar-refractivity contribution is -0.108. The van der Waals surface area contributed by atoms with E-state index >= 15 is 0 Å². The van der Waals surface area contributed by atoms with Crippen molar-refractivity contribution < 1.29 is 4.79 Å². The van der Waals surface area contributed by atoms with E-state index in [-0.39, 0.29) is 0 Å². The van der Waals surface area contributed by atoms with Crippen LogP contribution in [0.5, 0.6) is 0 Å². The van der Waals surface area contributed by atoms with Crippen LogP contribution in [0.2, 0.25) is 10.0 Å². The number of rotatable bonds is 2. The van der Waals surface area contributed by atoms with Crippen molar-refractivity contribution in [2.24, 2.45) is 0 Å². The zero-order chi connectivity index (χ0) is 14.3. The molecule has 1 atom stereocenters. The third-order valence-corrected chi connectivity index (χ3v) is 4.16. The lowest BCUT2D eigenvalue weighted by Gasteiger charge is -2.14. The Morgan fingerprint density at radius 1 is 1.30 bits per heavy atom. The van der Waals surface area contributed by atoms with Gasteiger partial charge in [0, 0.05) is 24.4 Å². The van der Waals surface area contributed by atoms with E-state index < -0.39 is 6.17 Å². The normalized spacial score (nSPS) is 16.8. The summed E-state index contributed by atoms with van der Waals surface area (Å²) in [6.45, 7) is 0. The Labute approximate surface area is 126 Å². The smallest absolute Gasteiger partial charge is 0.162 e. The molecule has 0 fully saturated rings. The highest BCUT2D eigenvalue weighted by molar-refractivity contribution is 6.43. The third-order valence-electron chi connectivity index (χ3n) is 3.35. The van der Waals surface area contributed by atoms with E-state index in [1.54, 1.807) is 17.2 Å². The van der Waals surface area contributed by atoms with Gasteiger partial charge in [-0.3, -0.25) is 4.79 Å². The summed E-state index contributed by atoms with van der Waals surface area (Å²) in [5.41, 5.74) is 2.47. The van der Waals surface area contributed by atoms with Crippen molar-refractivity contribution in [1.29, 1.82) is 0 Å². The van der Waals surface area contributed by atoms with Crippen LogP contribution in [0.4, 0.5) is 11.5 Å². The Balaban J connectivity index is 2.19. The highest BCUT2D eigenvalue weighted by atomic mass is 35.5. The Bertz CT molecular complexity index is 690. The molecule has 0 amide bonds. The number of benzene rings is 1. The first-order valence-corrected chi connectivity index (χ1v) is 6.77. The molecule has 0 radical (unpaired) electrons. The summed E-state index contributed by atoms with van der Waals surface area (Å²) in [5.74, 6) is 0.718. The maximum atomic E-state index is 11.1. The molecule has 1 aromatic heterocycles. The maximum Gasteiger partial charge on any atom is 0.162 e. The summed E-state index contributed by atoms with van der Waals surface area (Å²) < 4.78 is 0. The number of hydrogen-bond acceptors (Lipinski definition) is 4. The van der Waals surface area contributed by atoms with Gasteiger partial charge in [-0.05, 0) is 12.1 Å². The van der Waals surface area contributed by atoms with Gasteiger partial charge in [-0.15, -0.1) is 0 Å². The van der Waals surface area contributed by atoms with Crippen molar-refractivity contribution in [2.45, 2.75) is 6.17 Å². The molecule has 0 bridgehead atoms. The number of aromatic nitrogens is 1. The molecular formula is C14H11Cl2N3O. The van der Waals surface area contributed by atoms with E-state index in [2.05, 4.69) is 10.3 Å². The van der Waals surface area contributed by atoms with Crippen LogP contribution in [0.3, 0.4) is 0 Å². The van der Waals surface area contributed by atoms with Crippen LogP contribution >= 0.6 is 23.2 Å². The molecule has 1 aromatic carbocycles. The van der Waals surface area contributed by atoms with Gasteiger partial charge in [0.15, 0.2) is 18.3 Å². The van der Waals surface area contributed by atoms with Crippen LogP contribution in [0, 0.1) is 0 Å². The number of nitrogens with one attached hydrogen (secondary N) is 1. The second kappa shape index (κ2) is 4.96. The number of aldehydes is 1. The molecule has 20 heavy (non-hydrogen) atoms. The SMILES string of the molecule is CN1c2nccc(-c3cccc(Cl)c3Cl)c2NC1C=O. The molecule has 1 aliphatic heterocycles. The van der Waals surface area contributed by atoms with Gasteiger partial charge in [0.25, 0.3) is 0 Å². The van der Waals surface area contributed by atoms with Crippen molar-refractivity contribution in [1.82, 2.24) is 4.98 Å². The van der Waals surface area contributed by atoms with E-state index in [1.807, 2.05) is 25.2 Å². The average molecular weight is 308 g/mol. The second-order valence-electron chi connectivity index (χ2n) is 4.49. The van der Waals surface area contributed by atoms with Gasteiger partial charge >= 0.3 is 0 Å². The number of nitrogens with zero attached hydrogens (tertiary/aromatic N) is 2. The number of anilines is 2. The first kappa shape index (κ1) is 13.2. The molecule has 0 saturated heterocycles. The summed E-state index contributed by atoms with van der Waals surface area (Å²) in [6, 6.07) is 7.32.